The van der Waals surface area contributed by atoms with Crippen LogP contribution in [0.25, 0.3) is 5.69 Å². The van der Waals surface area contributed by atoms with Gasteiger partial charge in [0.05, 0.1) is 30.8 Å². The Bertz CT molecular complexity index is 797. The van der Waals surface area contributed by atoms with Crippen molar-refractivity contribution in [1.82, 2.24) is 4.57 Å². The summed E-state index contributed by atoms with van der Waals surface area (Å²) < 4.78 is 14.8. The van der Waals surface area contributed by atoms with Crippen molar-refractivity contribution >= 4 is 28.1 Å². The Balaban J connectivity index is 2.47. The predicted octanol–water partition coefficient (Wildman–Crippen LogP) is 3.81. The Morgan fingerprint density at radius 1 is 1.19 bits per heavy atom. The highest BCUT2D eigenvalue weighted by Gasteiger charge is 2.15. The van der Waals surface area contributed by atoms with Crippen molar-refractivity contribution in [1.29, 1.82) is 0 Å². The average molecular weight is 436 g/mol. The lowest BCUT2D eigenvalue weighted by Gasteiger charge is -2.17. The summed E-state index contributed by atoms with van der Waals surface area (Å²) in [5, 5.41) is 7.58. The van der Waals surface area contributed by atoms with E-state index in [4.69, 9.17) is 20.9 Å². The molecule has 1 aromatic heterocycles. The molecule has 8 heteroatoms. The molecule has 0 bridgehead atoms. The number of halogens is 1. The maximum absolute atomic E-state index is 6.09. The number of benzene rings is 1. The van der Waals surface area contributed by atoms with Crippen molar-refractivity contribution in [3.63, 3.8) is 0 Å². The van der Waals surface area contributed by atoms with Gasteiger partial charge in [0.15, 0.2) is 11.5 Å². The number of para-hydroxylation sites is 1. The Morgan fingerprint density at radius 2 is 2.00 bits per heavy atom. The highest BCUT2D eigenvalue weighted by Crippen LogP contribution is 2.36. The van der Waals surface area contributed by atoms with Gasteiger partial charge in [0.2, 0.25) is 5.96 Å². The molecule has 0 fully saturated rings. The lowest BCUT2D eigenvalue weighted by molar-refractivity contribution is 0.264. The van der Waals surface area contributed by atoms with Gasteiger partial charge < -0.3 is 25.5 Å². The number of nitrogens with two attached hydrogens (primary N) is 2. The van der Waals surface area contributed by atoms with E-state index in [-0.39, 0.29) is 5.96 Å². The van der Waals surface area contributed by atoms with Crippen LogP contribution in [0.5, 0.6) is 11.5 Å². The zero-order chi connectivity index (χ0) is 19.6. The SMILES string of the molecule is CCCCOc1c(OCCC)cccc1-n1cc(Br)cc1/C=N/N=C(N)N. The molecule has 0 amide bonds. The molecule has 0 aliphatic rings. The van der Waals surface area contributed by atoms with E-state index in [2.05, 4.69) is 40.0 Å². The number of nitrogens with zero attached hydrogens (tertiary/aromatic N) is 3. The predicted molar refractivity (Wildman–Crippen MR) is 113 cm³/mol. The van der Waals surface area contributed by atoms with E-state index >= 15 is 0 Å². The smallest absolute Gasteiger partial charge is 0.211 e. The Morgan fingerprint density at radius 3 is 2.70 bits per heavy atom. The lowest BCUT2D eigenvalue weighted by atomic mass is 10.2. The molecule has 0 unspecified atom stereocenters. The lowest BCUT2D eigenvalue weighted by Crippen LogP contribution is -2.21. The van der Waals surface area contributed by atoms with Gasteiger partial charge in [-0.15, -0.1) is 5.10 Å². The second-order valence-corrected chi connectivity index (χ2v) is 6.79. The summed E-state index contributed by atoms with van der Waals surface area (Å²) in [4.78, 5) is 0. The minimum atomic E-state index is -0.0954. The first kappa shape index (κ1) is 20.8. The number of rotatable bonds is 10. The van der Waals surface area contributed by atoms with Crippen LogP contribution < -0.4 is 20.9 Å². The fourth-order valence-corrected chi connectivity index (χ4v) is 2.83. The van der Waals surface area contributed by atoms with Crippen LogP contribution in [0.15, 0.2) is 45.1 Å². The van der Waals surface area contributed by atoms with E-state index < -0.39 is 0 Å². The van der Waals surface area contributed by atoms with E-state index in [1.165, 1.54) is 0 Å². The van der Waals surface area contributed by atoms with Crippen LogP contribution in [0, 0.1) is 0 Å². The molecule has 7 nitrogen and oxygen atoms in total. The summed E-state index contributed by atoms with van der Waals surface area (Å²) in [5.74, 6) is 1.34. The van der Waals surface area contributed by atoms with Gasteiger partial charge in [0.25, 0.3) is 0 Å². The van der Waals surface area contributed by atoms with Crippen LogP contribution in [0.2, 0.25) is 0 Å². The molecule has 0 aliphatic carbocycles. The van der Waals surface area contributed by atoms with E-state index in [1.807, 2.05) is 35.0 Å². The molecular formula is C19H26BrN5O2. The molecular weight excluding hydrogens is 410 g/mol. The molecule has 0 saturated heterocycles. The first-order valence-corrected chi connectivity index (χ1v) is 9.75. The average Bonchev–Trinajstić information content (AvgIpc) is 3.00. The van der Waals surface area contributed by atoms with Gasteiger partial charge in [-0.2, -0.15) is 5.10 Å². The fourth-order valence-electron chi connectivity index (χ4n) is 2.39. The van der Waals surface area contributed by atoms with Crippen LogP contribution in [0.4, 0.5) is 0 Å². The number of hydrogen-bond acceptors (Lipinski definition) is 4. The fraction of sp³-hybridized carbons (Fsp3) is 0.368. The summed E-state index contributed by atoms with van der Waals surface area (Å²) >= 11 is 3.51. The minimum Gasteiger partial charge on any atom is -0.490 e. The van der Waals surface area contributed by atoms with E-state index in [9.17, 15) is 0 Å². The van der Waals surface area contributed by atoms with Crippen molar-refractivity contribution < 1.29 is 9.47 Å². The maximum Gasteiger partial charge on any atom is 0.211 e. The first-order chi connectivity index (χ1) is 13.1. The third-order valence-electron chi connectivity index (χ3n) is 3.60. The number of hydrogen-bond donors (Lipinski definition) is 2. The summed E-state index contributed by atoms with van der Waals surface area (Å²) in [6.07, 6.45) is 6.46. The molecule has 0 spiro atoms. The first-order valence-electron chi connectivity index (χ1n) is 8.95. The molecule has 2 rings (SSSR count). The topological polar surface area (TPSA) is 100 Å². The zero-order valence-electron chi connectivity index (χ0n) is 15.7. The Hall–Kier alpha value is -2.48. The molecule has 2 aromatic rings. The van der Waals surface area contributed by atoms with Crippen LogP contribution in [-0.4, -0.2) is 30.0 Å². The number of ether oxygens (including phenoxy) is 2. The largest absolute Gasteiger partial charge is 0.490 e. The molecule has 146 valence electrons. The normalized spacial score (nSPS) is 10.9. The monoisotopic (exact) mass is 435 g/mol. The van der Waals surface area contributed by atoms with Crippen LogP contribution in [-0.2, 0) is 0 Å². The van der Waals surface area contributed by atoms with Crippen LogP contribution in [0.1, 0.15) is 38.8 Å². The molecule has 0 radical (unpaired) electrons. The van der Waals surface area contributed by atoms with E-state index in [0.717, 1.165) is 40.9 Å². The van der Waals surface area contributed by atoms with Gasteiger partial charge in [0, 0.05) is 10.7 Å². The van der Waals surface area contributed by atoms with Crippen LogP contribution in [0.3, 0.4) is 0 Å². The van der Waals surface area contributed by atoms with Crippen LogP contribution >= 0.6 is 15.9 Å². The van der Waals surface area contributed by atoms with Crippen molar-refractivity contribution in [3.8, 4) is 17.2 Å². The second-order valence-electron chi connectivity index (χ2n) is 5.88. The molecule has 4 N–H and O–H groups in total. The summed E-state index contributed by atoms with van der Waals surface area (Å²) in [5.41, 5.74) is 12.3. The van der Waals surface area contributed by atoms with Gasteiger partial charge in [0.1, 0.15) is 0 Å². The number of unbranched alkanes of at least 4 members (excludes halogenated alkanes) is 1. The van der Waals surface area contributed by atoms with Gasteiger partial charge in [-0.25, -0.2) is 0 Å². The second kappa shape index (κ2) is 10.6. The summed E-state index contributed by atoms with van der Waals surface area (Å²) in [6, 6.07) is 7.76. The van der Waals surface area contributed by atoms with Gasteiger partial charge in [-0.05, 0) is 47.0 Å². The Kier molecular flexibility index (Phi) is 8.19. The number of guanidine groups is 1. The van der Waals surface area contributed by atoms with Crippen molar-refractivity contribution in [2.75, 3.05) is 13.2 Å². The zero-order valence-corrected chi connectivity index (χ0v) is 17.3. The summed E-state index contributed by atoms with van der Waals surface area (Å²) in [6.45, 7) is 5.45. The highest BCUT2D eigenvalue weighted by molar-refractivity contribution is 9.10. The minimum absolute atomic E-state index is 0.0954. The van der Waals surface area contributed by atoms with Crippen molar-refractivity contribution in [2.24, 2.45) is 21.7 Å². The molecule has 0 aliphatic heterocycles. The third kappa shape index (κ3) is 6.02. The molecule has 1 aromatic carbocycles. The molecule has 0 saturated carbocycles. The summed E-state index contributed by atoms with van der Waals surface area (Å²) in [7, 11) is 0. The van der Waals surface area contributed by atoms with E-state index in [0.29, 0.717) is 19.0 Å². The maximum atomic E-state index is 6.09. The molecule has 0 atom stereocenters. The quantitative estimate of drug-likeness (QED) is 0.256. The third-order valence-corrected chi connectivity index (χ3v) is 4.04. The standard InChI is InChI=1S/C19H26BrN5O2/c1-3-5-10-27-18-16(7-6-8-17(18)26-9-4-2)25-13-14(20)11-15(25)12-23-24-19(21)22/h6-8,11-13H,3-5,9-10H2,1-2H3,(H4,21,22,24)/b23-12+. The molecule has 1 heterocycles. The van der Waals surface area contributed by atoms with Crippen molar-refractivity contribution in [3.05, 3.63) is 40.6 Å². The molecule has 27 heavy (non-hydrogen) atoms. The van der Waals surface area contributed by atoms with Gasteiger partial charge in [-0.3, -0.25) is 0 Å². The van der Waals surface area contributed by atoms with E-state index in [1.54, 1.807) is 6.21 Å². The van der Waals surface area contributed by atoms with Gasteiger partial charge >= 0.3 is 0 Å². The van der Waals surface area contributed by atoms with Gasteiger partial charge in [-0.1, -0.05) is 26.3 Å². The Labute approximate surface area is 168 Å². The number of aromatic nitrogens is 1. The van der Waals surface area contributed by atoms with Crippen molar-refractivity contribution in [2.45, 2.75) is 33.1 Å². The highest BCUT2D eigenvalue weighted by atomic mass is 79.9.